The predicted molar refractivity (Wildman–Crippen MR) is 90.1 cm³/mol. The number of β-amino-alcohol motifs (C(OH)–C–C–N with tert-alkyl or cyclic N) is 1. The third-order valence-corrected chi connectivity index (χ3v) is 4.78. The van der Waals surface area contributed by atoms with Crippen LogP contribution in [0, 0.1) is 12.8 Å². The molecule has 0 saturated carbocycles. The Balaban J connectivity index is 1.46. The van der Waals surface area contributed by atoms with Gasteiger partial charge in [0.15, 0.2) is 0 Å². The maximum Gasteiger partial charge on any atom is 0.0711 e. The largest absolute Gasteiger partial charge is 0.391 e. The Morgan fingerprint density at radius 1 is 1.30 bits per heavy atom. The van der Waals surface area contributed by atoms with Crippen molar-refractivity contribution in [3.05, 3.63) is 53.5 Å². The molecule has 3 aromatic rings. The Hall–Kier alpha value is -2.11. The van der Waals surface area contributed by atoms with E-state index in [1.165, 1.54) is 16.5 Å². The van der Waals surface area contributed by atoms with Gasteiger partial charge in [0.05, 0.1) is 11.8 Å². The second kappa shape index (κ2) is 5.83. The molecule has 0 amide bonds. The Morgan fingerprint density at radius 3 is 3.04 bits per heavy atom. The monoisotopic (exact) mass is 310 g/mol. The van der Waals surface area contributed by atoms with E-state index in [0.717, 1.165) is 37.4 Å². The average molecular weight is 310 g/mol. The molecule has 3 N–H and O–H groups in total. The molecule has 0 unspecified atom stereocenters. The standard InChI is InChI=1S/C18H22N4O/c1-12-7-16(21-20-12)8-15-10-22(11-17(15)23)9-14-4-2-3-13-5-6-19-18(13)14/h2-7,15,17,19,23H,8-11H2,1H3,(H,20,21)/t15-,17-/m1/s1. The lowest BCUT2D eigenvalue weighted by Crippen LogP contribution is -2.21. The second-order valence-electron chi connectivity index (χ2n) is 6.63. The van der Waals surface area contributed by atoms with Crippen molar-refractivity contribution < 1.29 is 5.11 Å². The summed E-state index contributed by atoms with van der Waals surface area (Å²) in [7, 11) is 0. The van der Waals surface area contributed by atoms with Gasteiger partial charge in [-0.2, -0.15) is 5.10 Å². The van der Waals surface area contributed by atoms with Crippen molar-refractivity contribution in [3.63, 3.8) is 0 Å². The van der Waals surface area contributed by atoms with Gasteiger partial charge in [-0.1, -0.05) is 18.2 Å². The summed E-state index contributed by atoms with van der Waals surface area (Å²) in [5, 5.41) is 18.9. The van der Waals surface area contributed by atoms with Gasteiger partial charge in [-0.15, -0.1) is 0 Å². The quantitative estimate of drug-likeness (QED) is 0.692. The molecule has 3 heterocycles. The molecule has 5 nitrogen and oxygen atoms in total. The molecular formula is C18H22N4O. The van der Waals surface area contributed by atoms with Crippen LogP contribution in [0.5, 0.6) is 0 Å². The molecular weight excluding hydrogens is 288 g/mol. The van der Waals surface area contributed by atoms with E-state index in [-0.39, 0.29) is 12.0 Å². The van der Waals surface area contributed by atoms with Crippen LogP contribution in [0.25, 0.3) is 10.9 Å². The summed E-state index contributed by atoms with van der Waals surface area (Å²) >= 11 is 0. The summed E-state index contributed by atoms with van der Waals surface area (Å²) in [6.45, 7) is 4.51. The van der Waals surface area contributed by atoms with E-state index in [1.807, 2.05) is 13.1 Å². The zero-order chi connectivity index (χ0) is 15.8. The number of para-hydroxylation sites is 1. The molecule has 2 aromatic heterocycles. The normalized spacial score (nSPS) is 22.2. The molecule has 1 aromatic carbocycles. The first kappa shape index (κ1) is 14.5. The van der Waals surface area contributed by atoms with Gasteiger partial charge in [-0.3, -0.25) is 10.00 Å². The fourth-order valence-electron chi connectivity index (χ4n) is 3.64. The molecule has 0 radical (unpaired) electrons. The fraction of sp³-hybridized carbons (Fsp3) is 0.389. The Labute approximate surface area is 135 Å². The molecule has 0 bridgehead atoms. The predicted octanol–water partition coefficient (Wildman–Crippen LogP) is 2.23. The number of hydrogen-bond acceptors (Lipinski definition) is 3. The van der Waals surface area contributed by atoms with Crippen molar-refractivity contribution in [2.75, 3.05) is 13.1 Å². The zero-order valence-electron chi connectivity index (χ0n) is 13.3. The Morgan fingerprint density at radius 2 is 2.22 bits per heavy atom. The number of rotatable bonds is 4. The van der Waals surface area contributed by atoms with Gasteiger partial charge in [-0.25, -0.2) is 0 Å². The van der Waals surface area contributed by atoms with Crippen LogP contribution >= 0.6 is 0 Å². The topological polar surface area (TPSA) is 67.9 Å². The highest BCUT2D eigenvalue weighted by Gasteiger charge is 2.31. The van der Waals surface area contributed by atoms with Gasteiger partial charge in [0.2, 0.25) is 0 Å². The third kappa shape index (κ3) is 2.90. The minimum absolute atomic E-state index is 0.251. The number of aromatic nitrogens is 3. The highest BCUT2D eigenvalue weighted by atomic mass is 16.3. The van der Waals surface area contributed by atoms with Gasteiger partial charge in [0.25, 0.3) is 0 Å². The van der Waals surface area contributed by atoms with Crippen molar-refractivity contribution in [3.8, 4) is 0 Å². The first-order valence-electron chi connectivity index (χ1n) is 8.15. The summed E-state index contributed by atoms with van der Waals surface area (Å²) in [6.07, 6.45) is 2.53. The van der Waals surface area contributed by atoms with E-state index < -0.39 is 0 Å². The summed E-state index contributed by atoms with van der Waals surface area (Å²) in [6, 6.07) is 10.5. The van der Waals surface area contributed by atoms with E-state index in [0.29, 0.717) is 0 Å². The molecule has 1 aliphatic heterocycles. The van der Waals surface area contributed by atoms with Crippen LogP contribution in [0.2, 0.25) is 0 Å². The number of H-pyrrole nitrogens is 2. The van der Waals surface area contributed by atoms with E-state index in [1.54, 1.807) is 0 Å². The molecule has 1 aliphatic rings. The zero-order valence-corrected chi connectivity index (χ0v) is 13.3. The van der Waals surface area contributed by atoms with Gasteiger partial charge < -0.3 is 10.1 Å². The van der Waals surface area contributed by atoms with Crippen LogP contribution in [-0.4, -0.2) is 44.4 Å². The molecule has 120 valence electrons. The smallest absolute Gasteiger partial charge is 0.0711 e. The first-order chi connectivity index (χ1) is 11.2. The lowest BCUT2D eigenvalue weighted by atomic mass is 10.0. The van der Waals surface area contributed by atoms with Gasteiger partial charge in [0.1, 0.15) is 0 Å². The summed E-state index contributed by atoms with van der Waals surface area (Å²) in [5.74, 6) is 0.251. The number of aromatic amines is 2. The van der Waals surface area contributed by atoms with Gasteiger partial charge >= 0.3 is 0 Å². The number of aliphatic hydroxyl groups is 1. The molecule has 1 fully saturated rings. The van der Waals surface area contributed by atoms with Gasteiger partial charge in [-0.05, 0) is 36.4 Å². The summed E-state index contributed by atoms with van der Waals surface area (Å²) < 4.78 is 0. The third-order valence-electron chi connectivity index (χ3n) is 4.78. The molecule has 2 atom stereocenters. The van der Waals surface area contributed by atoms with Crippen LogP contribution in [-0.2, 0) is 13.0 Å². The maximum absolute atomic E-state index is 10.4. The number of aliphatic hydroxyl groups excluding tert-OH is 1. The minimum Gasteiger partial charge on any atom is -0.391 e. The number of nitrogens with zero attached hydrogens (tertiary/aromatic N) is 2. The molecule has 5 heteroatoms. The SMILES string of the molecule is Cc1cc(C[C@@H]2CN(Cc3cccc4cc[nH]c34)C[C@H]2O)n[nH]1. The number of aryl methyl sites for hydroxylation is 1. The van der Waals surface area contributed by atoms with E-state index >= 15 is 0 Å². The van der Waals surface area contributed by atoms with Crippen LogP contribution in [0.3, 0.4) is 0 Å². The molecule has 23 heavy (non-hydrogen) atoms. The highest BCUT2D eigenvalue weighted by Crippen LogP contribution is 2.25. The van der Waals surface area contributed by atoms with E-state index in [2.05, 4.69) is 50.4 Å². The first-order valence-corrected chi connectivity index (χ1v) is 8.15. The summed E-state index contributed by atoms with van der Waals surface area (Å²) in [5.41, 5.74) is 4.60. The fourth-order valence-corrected chi connectivity index (χ4v) is 3.64. The van der Waals surface area contributed by atoms with Crippen LogP contribution in [0.4, 0.5) is 0 Å². The molecule has 4 rings (SSSR count). The summed E-state index contributed by atoms with van der Waals surface area (Å²) in [4.78, 5) is 5.66. The van der Waals surface area contributed by atoms with Crippen molar-refractivity contribution >= 4 is 10.9 Å². The number of likely N-dealkylation sites (tertiary alicyclic amines) is 1. The average Bonchev–Trinajstić information content (AvgIpc) is 3.22. The molecule has 0 aliphatic carbocycles. The molecule has 0 spiro atoms. The van der Waals surface area contributed by atoms with Gasteiger partial charge in [0, 0.05) is 43.0 Å². The number of nitrogens with one attached hydrogen (secondary N) is 2. The van der Waals surface area contributed by atoms with E-state index in [4.69, 9.17) is 0 Å². The number of benzene rings is 1. The maximum atomic E-state index is 10.4. The highest BCUT2D eigenvalue weighted by molar-refractivity contribution is 5.82. The van der Waals surface area contributed by atoms with Crippen molar-refractivity contribution in [1.82, 2.24) is 20.1 Å². The lowest BCUT2D eigenvalue weighted by molar-refractivity contribution is 0.140. The molecule has 1 saturated heterocycles. The Kier molecular flexibility index (Phi) is 3.67. The van der Waals surface area contributed by atoms with Crippen molar-refractivity contribution in [2.45, 2.75) is 26.0 Å². The van der Waals surface area contributed by atoms with E-state index in [9.17, 15) is 5.11 Å². The van der Waals surface area contributed by atoms with Crippen LogP contribution < -0.4 is 0 Å². The Bertz CT molecular complexity index is 806. The minimum atomic E-state index is -0.283. The number of fused-ring (bicyclic) bond motifs is 1. The number of hydrogen-bond donors (Lipinski definition) is 3. The second-order valence-corrected chi connectivity index (χ2v) is 6.63. The van der Waals surface area contributed by atoms with Crippen LogP contribution in [0.1, 0.15) is 17.0 Å². The van der Waals surface area contributed by atoms with Crippen molar-refractivity contribution in [1.29, 1.82) is 0 Å². The van der Waals surface area contributed by atoms with Crippen LogP contribution in [0.15, 0.2) is 36.5 Å². The van der Waals surface area contributed by atoms with Crippen molar-refractivity contribution in [2.24, 2.45) is 5.92 Å². The lowest BCUT2D eigenvalue weighted by Gasteiger charge is -2.16.